The topological polar surface area (TPSA) is 26.3 Å². The van der Waals surface area contributed by atoms with E-state index in [2.05, 4.69) is 0 Å². The van der Waals surface area contributed by atoms with Gasteiger partial charge >= 0.3 is 0 Å². The summed E-state index contributed by atoms with van der Waals surface area (Å²) in [5, 5.41) is 0.479. The van der Waals surface area contributed by atoms with Gasteiger partial charge in [0.15, 0.2) is 5.78 Å². The third kappa shape index (κ3) is 2.54. The van der Waals surface area contributed by atoms with Crippen LogP contribution in [0.2, 0.25) is 5.02 Å². The molecular formula is C10H11ClO2. The van der Waals surface area contributed by atoms with Crippen molar-refractivity contribution in [3.63, 3.8) is 0 Å². The molecule has 13 heavy (non-hydrogen) atoms. The van der Waals surface area contributed by atoms with Gasteiger partial charge in [0.1, 0.15) is 6.61 Å². The molecule has 0 aliphatic heterocycles. The summed E-state index contributed by atoms with van der Waals surface area (Å²) in [6.07, 6.45) is 0. The number of ketones is 1. The van der Waals surface area contributed by atoms with Gasteiger partial charge in [-0.15, -0.1) is 0 Å². The normalized spacial score (nSPS) is 10.1. The Hall–Kier alpha value is -0.860. The molecule has 2 nitrogen and oxygen atoms in total. The number of benzene rings is 1. The van der Waals surface area contributed by atoms with E-state index >= 15 is 0 Å². The van der Waals surface area contributed by atoms with Crippen molar-refractivity contribution in [3.05, 3.63) is 34.3 Å². The van der Waals surface area contributed by atoms with Crippen molar-refractivity contribution in [2.75, 3.05) is 13.7 Å². The lowest BCUT2D eigenvalue weighted by Crippen LogP contribution is -2.07. The van der Waals surface area contributed by atoms with Gasteiger partial charge in [-0.05, 0) is 19.1 Å². The molecule has 0 aliphatic rings. The van der Waals surface area contributed by atoms with Gasteiger partial charge in [0.2, 0.25) is 0 Å². The standard InChI is InChI=1S/C10H11ClO2/c1-7-3-4-9(11)8(5-7)10(12)6-13-2/h3-5H,6H2,1-2H3. The third-order valence-corrected chi connectivity index (χ3v) is 2.03. The number of hydrogen-bond acceptors (Lipinski definition) is 2. The number of carbonyl (C=O) groups excluding carboxylic acids is 1. The molecule has 0 unspecified atom stereocenters. The first-order valence-electron chi connectivity index (χ1n) is 3.93. The molecule has 0 amide bonds. The molecule has 0 saturated heterocycles. The molecule has 0 atom stereocenters. The lowest BCUT2D eigenvalue weighted by Gasteiger charge is -2.03. The molecule has 0 N–H and O–H groups in total. The summed E-state index contributed by atoms with van der Waals surface area (Å²) in [6.45, 7) is 1.99. The van der Waals surface area contributed by atoms with E-state index in [1.54, 1.807) is 12.1 Å². The largest absolute Gasteiger partial charge is 0.377 e. The van der Waals surface area contributed by atoms with Crippen LogP contribution in [0, 0.1) is 6.92 Å². The smallest absolute Gasteiger partial charge is 0.189 e. The van der Waals surface area contributed by atoms with Crippen LogP contribution >= 0.6 is 11.6 Å². The Morgan fingerprint density at radius 2 is 2.23 bits per heavy atom. The first-order valence-corrected chi connectivity index (χ1v) is 4.31. The molecule has 0 bridgehead atoms. The molecule has 0 heterocycles. The minimum atomic E-state index is -0.0869. The Morgan fingerprint density at radius 3 is 2.85 bits per heavy atom. The Morgan fingerprint density at radius 1 is 1.54 bits per heavy atom. The van der Waals surface area contributed by atoms with Gasteiger partial charge in [-0.1, -0.05) is 23.2 Å². The van der Waals surface area contributed by atoms with E-state index in [0.717, 1.165) is 5.56 Å². The van der Waals surface area contributed by atoms with Crippen LogP contribution in [-0.2, 0) is 4.74 Å². The van der Waals surface area contributed by atoms with Crippen molar-refractivity contribution in [1.82, 2.24) is 0 Å². The molecule has 0 aromatic heterocycles. The summed E-state index contributed by atoms with van der Waals surface area (Å²) in [4.78, 5) is 11.4. The fourth-order valence-corrected chi connectivity index (χ4v) is 1.28. The average molecular weight is 199 g/mol. The van der Waals surface area contributed by atoms with Gasteiger partial charge in [-0.2, -0.15) is 0 Å². The molecule has 0 aliphatic carbocycles. The van der Waals surface area contributed by atoms with Crippen molar-refractivity contribution < 1.29 is 9.53 Å². The lowest BCUT2D eigenvalue weighted by atomic mass is 10.1. The second-order valence-electron chi connectivity index (χ2n) is 2.84. The number of hydrogen-bond donors (Lipinski definition) is 0. The number of rotatable bonds is 3. The summed E-state index contributed by atoms with van der Waals surface area (Å²) in [5.41, 5.74) is 1.55. The third-order valence-electron chi connectivity index (χ3n) is 1.70. The van der Waals surface area contributed by atoms with Gasteiger partial charge < -0.3 is 4.74 Å². The van der Waals surface area contributed by atoms with Gasteiger partial charge in [-0.25, -0.2) is 0 Å². The Labute approximate surface area is 82.5 Å². The van der Waals surface area contributed by atoms with E-state index < -0.39 is 0 Å². The van der Waals surface area contributed by atoms with Crippen LogP contribution in [0.5, 0.6) is 0 Å². The van der Waals surface area contributed by atoms with Crippen LogP contribution in [0.4, 0.5) is 0 Å². The Bertz CT molecular complexity index is 321. The second kappa shape index (κ2) is 4.40. The summed E-state index contributed by atoms with van der Waals surface area (Å²) < 4.78 is 4.74. The van der Waals surface area contributed by atoms with Crippen molar-refractivity contribution >= 4 is 17.4 Å². The molecule has 0 fully saturated rings. The first-order chi connectivity index (χ1) is 6.15. The number of ether oxygens (including phenoxy) is 1. The second-order valence-corrected chi connectivity index (χ2v) is 3.25. The van der Waals surface area contributed by atoms with E-state index in [4.69, 9.17) is 16.3 Å². The monoisotopic (exact) mass is 198 g/mol. The highest BCUT2D eigenvalue weighted by Crippen LogP contribution is 2.17. The lowest BCUT2D eigenvalue weighted by molar-refractivity contribution is 0.0848. The van der Waals surface area contributed by atoms with E-state index in [9.17, 15) is 4.79 Å². The van der Waals surface area contributed by atoms with Crippen molar-refractivity contribution in [3.8, 4) is 0 Å². The number of carbonyl (C=O) groups is 1. The zero-order valence-corrected chi connectivity index (χ0v) is 8.39. The number of Topliss-reactive ketones (excluding diaryl/α,β-unsaturated/α-hetero) is 1. The predicted octanol–water partition coefficient (Wildman–Crippen LogP) is 2.48. The SMILES string of the molecule is COCC(=O)c1cc(C)ccc1Cl. The molecule has 1 rings (SSSR count). The van der Waals surface area contributed by atoms with Crippen LogP contribution in [0.15, 0.2) is 18.2 Å². The maximum Gasteiger partial charge on any atom is 0.189 e. The first kappa shape index (κ1) is 10.2. The Balaban J connectivity index is 2.99. The summed E-state index contributed by atoms with van der Waals surface area (Å²) in [6, 6.07) is 5.36. The molecule has 0 saturated carbocycles. The van der Waals surface area contributed by atoms with Crippen molar-refractivity contribution in [2.24, 2.45) is 0 Å². The molecule has 1 aromatic rings. The van der Waals surface area contributed by atoms with Crippen LogP contribution in [0.25, 0.3) is 0 Å². The van der Waals surface area contributed by atoms with Gasteiger partial charge in [-0.3, -0.25) is 4.79 Å². The zero-order chi connectivity index (χ0) is 9.84. The van der Waals surface area contributed by atoms with Crippen LogP contribution in [-0.4, -0.2) is 19.5 Å². The maximum atomic E-state index is 11.4. The molecule has 70 valence electrons. The van der Waals surface area contributed by atoms with E-state index in [1.165, 1.54) is 7.11 Å². The van der Waals surface area contributed by atoms with Gasteiger partial charge in [0, 0.05) is 12.7 Å². The molecule has 0 spiro atoms. The highest BCUT2D eigenvalue weighted by molar-refractivity contribution is 6.34. The highest BCUT2D eigenvalue weighted by atomic mass is 35.5. The minimum Gasteiger partial charge on any atom is -0.377 e. The predicted molar refractivity (Wildman–Crippen MR) is 52.4 cm³/mol. The van der Waals surface area contributed by atoms with E-state index in [0.29, 0.717) is 10.6 Å². The summed E-state index contributed by atoms with van der Waals surface area (Å²) in [5.74, 6) is -0.0869. The van der Waals surface area contributed by atoms with Crippen LogP contribution < -0.4 is 0 Å². The zero-order valence-electron chi connectivity index (χ0n) is 7.63. The van der Waals surface area contributed by atoms with E-state index in [1.807, 2.05) is 13.0 Å². The van der Waals surface area contributed by atoms with E-state index in [-0.39, 0.29) is 12.4 Å². The summed E-state index contributed by atoms with van der Waals surface area (Å²) in [7, 11) is 1.49. The molecule has 0 radical (unpaired) electrons. The number of aryl methyl sites for hydroxylation is 1. The maximum absolute atomic E-state index is 11.4. The van der Waals surface area contributed by atoms with Gasteiger partial charge in [0.25, 0.3) is 0 Å². The highest BCUT2D eigenvalue weighted by Gasteiger charge is 2.09. The average Bonchev–Trinajstić information content (AvgIpc) is 2.09. The fourth-order valence-electron chi connectivity index (χ4n) is 1.06. The number of methoxy groups -OCH3 is 1. The minimum absolute atomic E-state index is 0.0726. The Kier molecular flexibility index (Phi) is 3.46. The molecular weight excluding hydrogens is 188 g/mol. The van der Waals surface area contributed by atoms with Crippen LogP contribution in [0.1, 0.15) is 15.9 Å². The molecule has 1 aromatic carbocycles. The van der Waals surface area contributed by atoms with Crippen molar-refractivity contribution in [2.45, 2.75) is 6.92 Å². The number of halogens is 1. The quantitative estimate of drug-likeness (QED) is 0.698. The van der Waals surface area contributed by atoms with Crippen LogP contribution in [0.3, 0.4) is 0 Å². The molecule has 3 heteroatoms. The summed E-state index contributed by atoms with van der Waals surface area (Å²) >= 11 is 5.85. The van der Waals surface area contributed by atoms with Gasteiger partial charge in [0.05, 0.1) is 5.02 Å². The van der Waals surface area contributed by atoms with Crippen molar-refractivity contribution in [1.29, 1.82) is 0 Å². The fraction of sp³-hybridized carbons (Fsp3) is 0.300.